The van der Waals surface area contributed by atoms with E-state index in [4.69, 9.17) is 9.84 Å². The molecule has 1 atom stereocenters. The first-order valence-corrected chi connectivity index (χ1v) is 8.65. The van der Waals surface area contributed by atoms with Crippen LogP contribution in [0.5, 0.6) is 0 Å². The molecule has 0 spiro atoms. The minimum Gasteiger partial charge on any atom is -0.480 e. The van der Waals surface area contributed by atoms with E-state index in [-0.39, 0.29) is 17.9 Å². The Bertz CT molecular complexity index is 668. The molecule has 1 aromatic rings. The van der Waals surface area contributed by atoms with Crippen molar-refractivity contribution < 1.29 is 27.9 Å². The van der Waals surface area contributed by atoms with Crippen LogP contribution in [0.3, 0.4) is 0 Å². The summed E-state index contributed by atoms with van der Waals surface area (Å²) in [4.78, 5) is 22.5. The summed E-state index contributed by atoms with van der Waals surface area (Å²) in [5.74, 6) is -2.11. The lowest BCUT2D eigenvalue weighted by molar-refractivity contribution is -0.142. The van der Waals surface area contributed by atoms with Crippen molar-refractivity contribution in [1.82, 2.24) is 4.72 Å². The molecule has 128 valence electrons. The van der Waals surface area contributed by atoms with Crippen LogP contribution in [0, 0.1) is 5.92 Å². The number of hydrogen-bond acceptors (Lipinski definition) is 5. The summed E-state index contributed by atoms with van der Waals surface area (Å²) >= 11 is 0. The molecular formula is C15H21NO6S. The number of hydrogen-bond donors (Lipinski definition) is 2. The summed E-state index contributed by atoms with van der Waals surface area (Å²) in [7, 11) is -4.00. The quantitative estimate of drug-likeness (QED) is 0.686. The van der Waals surface area contributed by atoms with Crippen LogP contribution in [0.4, 0.5) is 0 Å². The predicted molar refractivity (Wildman–Crippen MR) is 83.4 cm³/mol. The topological polar surface area (TPSA) is 110 Å². The van der Waals surface area contributed by atoms with Crippen LogP contribution < -0.4 is 4.72 Å². The van der Waals surface area contributed by atoms with Gasteiger partial charge in [-0.3, -0.25) is 9.59 Å². The van der Waals surface area contributed by atoms with Crippen LogP contribution in [0.2, 0.25) is 0 Å². The molecule has 0 aliphatic carbocycles. The average molecular weight is 343 g/mol. The highest BCUT2D eigenvalue weighted by Crippen LogP contribution is 2.15. The Balaban J connectivity index is 3.00. The molecule has 0 aliphatic rings. The van der Waals surface area contributed by atoms with Gasteiger partial charge in [0.1, 0.15) is 6.04 Å². The number of carbonyl (C=O) groups excluding carboxylic acids is 1. The number of aliphatic carboxylic acids is 1. The van der Waals surface area contributed by atoms with Crippen molar-refractivity contribution in [1.29, 1.82) is 0 Å². The van der Waals surface area contributed by atoms with Gasteiger partial charge in [0.2, 0.25) is 10.0 Å². The van der Waals surface area contributed by atoms with Gasteiger partial charge < -0.3 is 9.84 Å². The third kappa shape index (κ3) is 5.65. The van der Waals surface area contributed by atoms with Gasteiger partial charge in [0, 0.05) is 0 Å². The van der Waals surface area contributed by atoms with E-state index in [0.29, 0.717) is 5.56 Å². The van der Waals surface area contributed by atoms with Gasteiger partial charge in [-0.25, -0.2) is 8.42 Å². The second kappa shape index (κ2) is 8.07. The molecule has 1 unspecified atom stereocenters. The van der Waals surface area contributed by atoms with E-state index in [0.717, 1.165) is 0 Å². The third-order valence-electron chi connectivity index (χ3n) is 3.08. The van der Waals surface area contributed by atoms with Gasteiger partial charge in [0.25, 0.3) is 0 Å². The Labute approximate surface area is 135 Å². The van der Waals surface area contributed by atoms with Crippen molar-refractivity contribution >= 4 is 22.0 Å². The zero-order valence-corrected chi connectivity index (χ0v) is 14.1. The number of carbonyl (C=O) groups is 2. The maximum Gasteiger partial charge on any atom is 0.322 e. The summed E-state index contributed by atoms with van der Waals surface area (Å²) in [6.45, 7) is 5.14. The summed E-state index contributed by atoms with van der Waals surface area (Å²) in [6, 6.07) is 4.55. The second-order valence-corrected chi connectivity index (χ2v) is 7.02. The molecule has 2 N–H and O–H groups in total. The summed E-state index contributed by atoms with van der Waals surface area (Å²) in [5.41, 5.74) is 0.475. The maximum atomic E-state index is 12.3. The van der Waals surface area contributed by atoms with Crippen molar-refractivity contribution in [2.24, 2.45) is 5.92 Å². The van der Waals surface area contributed by atoms with Crippen molar-refractivity contribution in [2.75, 3.05) is 6.61 Å². The number of sulfonamides is 1. The van der Waals surface area contributed by atoms with Crippen LogP contribution >= 0.6 is 0 Å². The average Bonchev–Trinajstić information content (AvgIpc) is 2.44. The molecule has 0 fully saturated rings. The Hall–Kier alpha value is -1.93. The van der Waals surface area contributed by atoms with Gasteiger partial charge in [-0.1, -0.05) is 26.0 Å². The molecule has 0 saturated carbocycles. The number of rotatable bonds is 8. The fraction of sp³-hybridized carbons (Fsp3) is 0.467. The zero-order valence-electron chi connectivity index (χ0n) is 13.3. The molecule has 23 heavy (non-hydrogen) atoms. The molecule has 7 nitrogen and oxygen atoms in total. The van der Waals surface area contributed by atoms with E-state index in [1.165, 1.54) is 18.2 Å². The van der Waals surface area contributed by atoms with Crippen LogP contribution in [0.1, 0.15) is 26.3 Å². The molecule has 0 radical (unpaired) electrons. The van der Waals surface area contributed by atoms with Gasteiger partial charge in [0.05, 0.1) is 17.9 Å². The molecule has 1 rings (SSSR count). The SMILES string of the molecule is CCOC(=O)Cc1cccc(S(=O)(=O)NC(C(=O)O)C(C)C)c1. The van der Waals surface area contributed by atoms with Gasteiger partial charge in [-0.05, 0) is 30.5 Å². The van der Waals surface area contributed by atoms with Crippen molar-refractivity contribution in [2.45, 2.75) is 38.1 Å². The Morgan fingerprint density at radius 3 is 2.48 bits per heavy atom. The summed E-state index contributed by atoms with van der Waals surface area (Å²) < 4.78 is 31.6. The number of ether oxygens (including phenoxy) is 1. The van der Waals surface area contributed by atoms with E-state index in [1.54, 1.807) is 26.8 Å². The van der Waals surface area contributed by atoms with Crippen molar-refractivity contribution in [3.05, 3.63) is 29.8 Å². The number of esters is 1. The molecule has 0 bridgehead atoms. The standard InChI is InChI=1S/C15H21NO6S/c1-4-22-13(17)9-11-6-5-7-12(8-11)23(20,21)16-14(10(2)3)15(18)19/h5-8,10,14,16H,4,9H2,1-3H3,(H,18,19). The molecule has 0 saturated heterocycles. The van der Waals surface area contributed by atoms with Crippen LogP contribution in [0.15, 0.2) is 29.2 Å². The number of carboxylic acid groups (broad SMARTS) is 1. The first-order valence-electron chi connectivity index (χ1n) is 7.17. The third-order valence-corrected chi connectivity index (χ3v) is 4.52. The molecule has 1 aromatic carbocycles. The lowest BCUT2D eigenvalue weighted by Gasteiger charge is -2.18. The summed E-state index contributed by atoms with van der Waals surface area (Å²) in [5, 5.41) is 9.10. The van der Waals surface area contributed by atoms with Crippen molar-refractivity contribution in [3.8, 4) is 0 Å². The normalized spacial score (nSPS) is 12.9. The Kier molecular flexibility index (Phi) is 6.71. The van der Waals surface area contributed by atoms with E-state index >= 15 is 0 Å². The molecule has 8 heteroatoms. The Morgan fingerprint density at radius 1 is 1.30 bits per heavy atom. The minimum atomic E-state index is -4.00. The second-order valence-electron chi connectivity index (χ2n) is 5.31. The molecule has 0 aromatic heterocycles. The highest BCUT2D eigenvalue weighted by atomic mass is 32.2. The first kappa shape index (κ1) is 19.1. The van der Waals surface area contributed by atoms with Crippen molar-refractivity contribution in [3.63, 3.8) is 0 Å². The van der Waals surface area contributed by atoms with E-state index in [2.05, 4.69) is 4.72 Å². The number of nitrogens with one attached hydrogen (secondary N) is 1. The van der Waals surface area contributed by atoms with Gasteiger partial charge in [-0.2, -0.15) is 4.72 Å². The minimum absolute atomic E-state index is 0.0518. The molecule has 0 aliphatic heterocycles. The Morgan fingerprint density at radius 2 is 1.96 bits per heavy atom. The highest BCUT2D eigenvalue weighted by Gasteiger charge is 2.28. The van der Waals surface area contributed by atoms with Gasteiger partial charge in [-0.15, -0.1) is 0 Å². The van der Waals surface area contributed by atoms with Gasteiger partial charge >= 0.3 is 11.9 Å². The molecular weight excluding hydrogens is 322 g/mol. The van der Waals surface area contributed by atoms with Crippen LogP contribution in [0.25, 0.3) is 0 Å². The largest absolute Gasteiger partial charge is 0.480 e. The lowest BCUT2D eigenvalue weighted by atomic mass is 10.1. The smallest absolute Gasteiger partial charge is 0.322 e. The fourth-order valence-corrected chi connectivity index (χ4v) is 3.32. The monoisotopic (exact) mass is 343 g/mol. The molecule has 0 amide bonds. The van der Waals surface area contributed by atoms with Crippen LogP contribution in [-0.2, 0) is 30.8 Å². The predicted octanol–water partition coefficient (Wildman–Crippen LogP) is 1.18. The summed E-state index contributed by atoms with van der Waals surface area (Å²) in [6.07, 6.45) is -0.0518. The highest BCUT2D eigenvalue weighted by molar-refractivity contribution is 7.89. The first-order chi connectivity index (χ1) is 10.7. The van der Waals surface area contributed by atoms with Gasteiger partial charge in [0.15, 0.2) is 0 Å². The molecule has 0 heterocycles. The lowest BCUT2D eigenvalue weighted by Crippen LogP contribution is -2.44. The number of carboxylic acids is 1. The van der Waals surface area contributed by atoms with E-state index in [9.17, 15) is 18.0 Å². The van der Waals surface area contributed by atoms with E-state index < -0.39 is 33.9 Å². The fourth-order valence-electron chi connectivity index (χ4n) is 1.91. The zero-order chi connectivity index (χ0) is 17.6. The number of benzene rings is 1. The van der Waals surface area contributed by atoms with Crippen LogP contribution in [-0.4, -0.2) is 38.1 Å². The van der Waals surface area contributed by atoms with E-state index in [1.807, 2.05) is 0 Å². The maximum absolute atomic E-state index is 12.3.